The number of allylic oxidation sites excluding steroid dienone is 1. The molecule has 0 bridgehead atoms. The van der Waals surface area contributed by atoms with E-state index in [1.165, 1.54) is 51.4 Å². The Bertz CT molecular complexity index is 1030. The molecule has 0 unspecified atom stereocenters. The number of carbonyl (C=O) groups is 1. The minimum Gasteiger partial charge on any atom is -0.462 e. The summed E-state index contributed by atoms with van der Waals surface area (Å²) in [6, 6.07) is 3.74. The highest BCUT2D eigenvalue weighted by atomic mass is 16.5. The molecule has 1 aromatic heterocycles. The third-order valence-electron chi connectivity index (χ3n) is 12.0. The van der Waals surface area contributed by atoms with E-state index in [0.717, 1.165) is 60.3 Å². The zero-order valence-corrected chi connectivity index (χ0v) is 25.4. The number of aryl methyl sites for hydroxylation is 1. The lowest BCUT2D eigenvalue weighted by atomic mass is 9.47. The van der Waals surface area contributed by atoms with Crippen LogP contribution in [-0.2, 0) is 16.0 Å². The lowest BCUT2D eigenvalue weighted by Gasteiger charge is -2.58. The Balaban J connectivity index is 1.18. The van der Waals surface area contributed by atoms with Gasteiger partial charge in [0.1, 0.15) is 11.9 Å². The second-order valence-corrected chi connectivity index (χ2v) is 14.7. The molecule has 216 valence electrons. The molecule has 0 aliphatic heterocycles. The number of esters is 1. The van der Waals surface area contributed by atoms with E-state index in [9.17, 15) is 4.79 Å². The van der Waals surface area contributed by atoms with E-state index >= 15 is 0 Å². The predicted molar refractivity (Wildman–Crippen MR) is 160 cm³/mol. The van der Waals surface area contributed by atoms with Crippen LogP contribution in [0.5, 0.6) is 0 Å². The van der Waals surface area contributed by atoms with Crippen molar-refractivity contribution in [3.05, 3.63) is 35.5 Å². The number of fused-ring (bicyclic) bond motifs is 5. The van der Waals surface area contributed by atoms with Gasteiger partial charge >= 0.3 is 5.97 Å². The number of aromatic nitrogens is 1. The van der Waals surface area contributed by atoms with E-state index in [1.807, 2.05) is 6.07 Å². The van der Waals surface area contributed by atoms with Crippen molar-refractivity contribution < 1.29 is 9.53 Å². The number of pyridine rings is 1. The minimum atomic E-state index is -0.0809. The first-order valence-corrected chi connectivity index (χ1v) is 16.2. The van der Waals surface area contributed by atoms with Crippen molar-refractivity contribution >= 4 is 11.8 Å². The van der Waals surface area contributed by atoms with Gasteiger partial charge in [-0.05, 0) is 109 Å². The zero-order chi connectivity index (χ0) is 27.8. The van der Waals surface area contributed by atoms with Gasteiger partial charge in [0.2, 0.25) is 0 Å². The number of ether oxygens (including phenoxy) is 1. The van der Waals surface area contributed by atoms with E-state index in [0.29, 0.717) is 29.5 Å². The quantitative estimate of drug-likeness (QED) is 0.255. The van der Waals surface area contributed by atoms with E-state index in [4.69, 9.17) is 10.5 Å². The van der Waals surface area contributed by atoms with Crippen molar-refractivity contribution in [3.8, 4) is 0 Å². The van der Waals surface area contributed by atoms with Crippen LogP contribution in [0.1, 0.15) is 117 Å². The van der Waals surface area contributed by atoms with Gasteiger partial charge in [-0.15, -0.1) is 0 Å². The SMILES string of the molecule is CC(C)CCC[C@@H](C)[C@H]1CC[C@H]2[C@@H]3CC=C4C[C@@H](OC(=O)CCc5ccc(N)nc5)CC[C@]4(C)[C@H]3CC[C@]12C. The largest absolute Gasteiger partial charge is 0.462 e. The number of hydrogen-bond donors (Lipinski definition) is 1. The topological polar surface area (TPSA) is 65.2 Å². The molecule has 4 heteroatoms. The highest BCUT2D eigenvalue weighted by Gasteiger charge is 2.59. The lowest BCUT2D eigenvalue weighted by Crippen LogP contribution is -2.51. The van der Waals surface area contributed by atoms with Crippen molar-refractivity contribution in [2.75, 3.05) is 5.73 Å². The molecule has 0 spiro atoms. The average Bonchev–Trinajstić information content (AvgIpc) is 3.25. The molecule has 4 aliphatic rings. The molecule has 2 N–H and O–H groups in total. The molecule has 5 rings (SSSR count). The molecule has 4 aliphatic carbocycles. The molecule has 4 nitrogen and oxygen atoms in total. The lowest BCUT2D eigenvalue weighted by molar-refractivity contribution is -0.151. The molecule has 3 fully saturated rings. The fraction of sp³-hybridized carbons (Fsp3) is 0.771. The number of nitrogens with two attached hydrogens (primary N) is 1. The second kappa shape index (κ2) is 11.6. The van der Waals surface area contributed by atoms with Crippen LogP contribution in [0.25, 0.3) is 0 Å². The van der Waals surface area contributed by atoms with Crippen molar-refractivity contribution in [2.24, 2.45) is 46.3 Å². The summed E-state index contributed by atoms with van der Waals surface area (Å²) in [4.78, 5) is 16.8. The molecule has 0 amide bonds. The standard InChI is InChI=1S/C35H54N2O2/c1-23(2)7-6-8-24(3)29-13-14-30-28-12-11-26-21-27(17-19-34(26,4)31(28)18-20-35(29,30)5)39-33(38)16-10-25-9-15-32(36)37-22-25/h9,11,15,22-24,27-31H,6-8,10,12-14,16-21H2,1-5H3,(H2,36,37)/t24-,27+,28+,29-,30+,31+,34+,35-/m1/s1. The smallest absolute Gasteiger partial charge is 0.306 e. The van der Waals surface area contributed by atoms with Crippen LogP contribution in [0.15, 0.2) is 30.0 Å². The van der Waals surface area contributed by atoms with Crippen LogP contribution >= 0.6 is 0 Å². The van der Waals surface area contributed by atoms with Crippen LogP contribution in [0, 0.1) is 46.3 Å². The highest BCUT2D eigenvalue weighted by Crippen LogP contribution is 2.67. The highest BCUT2D eigenvalue weighted by molar-refractivity contribution is 5.70. The monoisotopic (exact) mass is 534 g/mol. The van der Waals surface area contributed by atoms with Gasteiger partial charge in [0.25, 0.3) is 0 Å². The second-order valence-electron chi connectivity index (χ2n) is 14.7. The molecule has 1 heterocycles. The van der Waals surface area contributed by atoms with Gasteiger partial charge in [-0.3, -0.25) is 4.79 Å². The molecule has 0 radical (unpaired) electrons. The van der Waals surface area contributed by atoms with E-state index < -0.39 is 0 Å². The van der Waals surface area contributed by atoms with Gasteiger partial charge < -0.3 is 10.5 Å². The maximum absolute atomic E-state index is 12.7. The minimum absolute atomic E-state index is 0.0364. The van der Waals surface area contributed by atoms with Crippen LogP contribution in [0.2, 0.25) is 0 Å². The van der Waals surface area contributed by atoms with Crippen molar-refractivity contribution in [1.29, 1.82) is 0 Å². The summed E-state index contributed by atoms with van der Waals surface area (Å²) in [5.41, 5.74) is 9.13. The van der Waals surface area contributed by atoms with Gasteiger partial charge in [-0.1, -0.05) is 71.6 Å². The van der Waals surface area contributed by atoms with Gasteiger partial charge in [-0.2, -0.15) is 0 Å². The van der Waals surface area contributed by atoms with Crippen molar-refractivity contribution in [3.63, 3.8) is 0 Å². The fourth-order valence-electron chi connectivity index (χ4n) is 9.83. The summed E-state index contributed by atoms with van der Waals surface area (Å²) in [5, 5.41) is 0. The Morgan fingerprint density at radius 2 is 1.90 bits per heavy atom. The number of nitrogen functional groups attached to an aromatic ring is 1. The first-order chi connectivity index (χ1) is 18.6. The zero-order valence-electron chi connectivity index (χ0n) is 25.4. The van der Waals surface area contributed by atoms with Gasteiger partial charge in [0, 0.05) is 19.0 Å². The molecule has 1 aromatic rings. The van der Waals surface area contributed by atoms with E-state index in [-0.39, 0.29) is 12.1 Å². The number of rotatable bonds is 9. The Kier molecular flexibility index (Phi) is 8.51. The summed E-state index contributed by atoms with van der Waals surface area (Å²) in [6.07, 6.45) is 19.7. The first kappa shape index (κ1) is 28.7. The van der Waals surface area contributed by atoms with Crippen LogP contribution in [-0.4, -0.2) is 17.1 Å². The molecule has 0 saturated heterocycles. The summed E-state index contributed by atoms with van der Waals surface area (Å²) < 4.78 is 6.01. The Hall–Kier alpha value is -1.84. The maximum atomic E-state index is 12.7. The molecule has 39 heavy (non-hydrogen) atoms. The number of hydrogen-bond acceptors (Lipinski definition) is 4. The van der Waals surface area contributed by atoms with Crippen LogP contribution in [0.4, 0.5) is 5.82 Å². The number of anilines is 1. The van der Waals surface area contributed by atoms with Gasteiger partial charge in [0.15, 0.2) is 0 Å². The first-order valence-electron chi connectivity index (χ1n) is 16.2. The van der Waals surface area contributed by atoms with Crippen LogP contribution < -0.4 is 5.73 Å². The van der Waals surface area contributed by atoms with Gasteiger partial charge in [-0.25, -0.2) is 4.98 Å². The van der Waals surface area contributed by atoms with Crippen molar-refractivity contribution in [1.82, 2.24) is 4.98 Å². The van der Waals surface area contributed by atoms with Crippen LogP contribution in [0.3, 0.4) is 0 Å². The number of nitrogens with zero attached hydrogens (tertiary/aromatic N) is 1. The van der Waals surface area contributed by atoms with Crippen molar-refractivity contribution in [2.45, 2.75) is 124 Å². The molecule has 8 atom stereocenters. The average molecular weight is 535 g/mol. The molecule has 0 aromatic carbocycles. The summed E-state index contributed by atoms with van der Waals surface area (Å²) >= 11 is 0. The predicted octanol–water partition coefficient (Wildman–Crippen LogP) is 8.55. The Labute approximate surface area is 238 Å². The molecular formula is C35H54N2O2. The maximum Gasteiger partial charge on any atom is 0.306 e. The van der Waals surface area contributed by atoms with E-state index in [1.54, 1.807) is 17.8 Å². The van der Waals surface area contributed by atoms with E-state index in [2.05, 4.69) is 45.7 Å². The summed E-state index contributed by atoms with van der Waals surface area (Å²) in [7, 11) is 0. The number of carbonyl (C=O) groups excluding carboxylic acids is 1. The summed E-state index contributed by atoms with van der Waals surface area (Å²) in [5.74, 6) is 5.57. The fourth-order valence-corrected chi connectivity index (χ4v) is 9.83. The molecule has 3 saturated carbocycles. The third-order valence-corrected chi connectivity index (χ3v) is 12.0. The molecular weight excluding hydrogens is 480 g/mol. The van der Waals surface area contributed by atoms with Gasteiger partial charge in [0.05, 0.1) is 0 Å². The Morgan fingerprint density at radius 1 is 1.08 bits per heavy atom. The Morgan fingerprint density at radius 3 is 2.64 bits per heavy atom. The summed E-state index contributed by atoms with van der Waals surface area (Å²) in [6.45, 7) is 12.5. The normalized spacial score (nSPS) is 36.5. The third kappa shape index (κ3) is 5.82.